The van der Waals surface area contributed by atoms with Crippen LogP contribution in [0.1, 0.15) is 18.9 Å². The first-order chi connectivity index (χ1) is 11.3. The van der Waals surface area contributed by atoms with Crippen molar-refractivity contribution in [3.05, 3.63) is 65.3 Å². The summed E-state index contributed by atoms with van der Waals surface area (Å²) in [6.45, 7) is 0. The van der Waals surface area contributed by atoms with Crippen LogP contribution in [0, 0.1) is 0 Å². The Morgan fingerprint density at radius 2 is 1.83 bits per heavy atom. The molecular formula is C18H14N4O. The average molecular weight is 302 g/mol. The van der Waals surface area contributed by atoms with E-state index in [0.29, 0.717) is 17.2 Å². The predicted octanol–water partition coefficient (Wildman–Crippen LogP) is 3.07. The van der Waals surface area contributed by atoms with Gasteiger partial charge in [-0.2, -0.15) is 0 Å². The SMILES string of the molecule is O=c1c2c(ncn2C2CC2)c2cccnc2n1-c1ccccc1. The van der Waals surface area contributed by atoms with Gasteiger partial charge < -0.3 is 4.57 Å². The summed E-state index contributed by atoms with van der Waals surface area (Å²) in [6.07, 6.45) is 5.74. The zero-order valence-corrected chi connectivity index (χ0v) is 12.4. The lowest BCUT2D eigenvalue weighted by molar-refractivity contribution is 0.760. The molecule has 1 aliphatic rings. The van der Waals surface area contributed by atoms with Gasteiger partial charge in [-0.05, 0) is 37.1 Å². The quantitative estimate of drug-likeness (QED) is 0.572. The van der Waals surface area contributed by atoms with Crippen LogP contribution in [0.5, 0.6) is 0 Å². The van der Waals surface area contributed by atoms with Crippen LogP contribution in [-0.4, -0.2) is 19.1 Å². The molecule has 0 atom stereocenters. The molecule has 0 bridgehead atoms. The molecule has 0 N–H and O–H groups in total. The highest BCUT2D eigenvalue weighted by atomic mass is 16.1. The molecule has 0 saturated heterocycles. The van der Waals surface area contributed by atoms with Crippen molar-refractivity contribution >= 4 is 22.1 Å². The summed E-state index contributed by atoms with van der Waals surface area (Å²) >= 11 is 0. The number of pyridine rings is 2. The molecule has 112 valence electrons. The summed E-state index contributed by atoms with van der Waals surface area (Å²) in [5.74, 6) is 0. The molecule has 3 aromatic heterocycles. The van der Waals surface area contributed by atoms with E-state index in [2.05, 4.69) is 9.97 Å². The van der Waals surface area contributed by atoms with Crippen molar-refractivity contribution in [2.75, 3.05) is 0 Å². The van der Waals surface area contributed by atoms with Crippen LogP contribution in [0.15, 0.2) is 59.8 Å². The van der Waals surface area contributed by atoms with E-state index >= 15 is 0 Å². The second kappa shape index (κ2) is 4.52. The normalized spacial score (nSPS) is 14.6. The van der Waals surface area contributed by atoms with Crippen molar-refractivity contribution in [2.24, 2.45) is 0 Å². The van der Waals surface area contributed by atoms with E-state index < -0.39 is 0 Å². The van der Waals surface area contributed by atoms with Crippen molar-refractivity contribution in [3.8, 4) is 5.69 Å². The second-order valence-electron chi connectivity index (χ2n) is 5.93. The molecule has 1 aliphatic carbocycles. The molecule has 1 fully saturated rings. The number of imidazole rings is 1. The summed E-state index contributed by atoms with van der Waals surface area (Å²) in [4.78, 5) is 22.2. The van der Waals surface area contributed by atoms with Gasteiger partial charge in [0.25, 0.3) is 5.56 Å². The van der Waals surface area contributed by atoms with E-state index in [0.717, 1.165) is 29.4 Å². The summed E-state index contributed by atoms with van der Waals surface area (Å²) in [5.41, 5.74) is 2.85. The van der Waals surface area contributed by atoms with Gasteiger partial charge in [0.1, 0.15) is 16.7 Å². The molecule has 0 aliphatic heterocycles. The number of para-hydroxylation sites is 1. The predicted molar refractivity (Wildman–Crippen MR) is 88.9 cm³/mol. The summed E-state index contributed by atoms with van der Waals surface area (Å²) < 4.78 is 3.72. The fourth-order valence-corrected chi connectivity index (χ4v) is 3.18. The van der Waals surface area contributed by atoms with Gasteiger partial charge in [0, 0.05) is 17.6 Å². The largest absolute Gasteiger partial charge is 0.323 e. The molecule has 5 rings (SSSR count). The minimum atomic E-state index is -0.0539. The van der Waals surface area contributed by atoms with Crippen LogP contribution < -0.4 is 5.56 Å². The maximum absolute atomic E-state index is 13.2. The number of aromatic nitrogens is 4. The van der Waals surface area contributed by atoms with Gasteiger partial charge in [0.15, 0.2) is 0 Å². The summed E-state index contributed by atoms with van der Waals surface area (Å²) in [6, 6.07) is 13.9. The first-order valence-corrected chi connectivity index (χ1v) is 7.76. The number of hydrogen-bond donors (Lipinski definition) is 0. The summed E-state index contributed by atoms with van der Waals surface area (Å²) in [5, 5.41) is 0.908. The molecule has 0 unspecified atom stereocenters. The molecule has 3 heterocycles. The van der Waals surface area contributed by atoms with Crippen LogP contribution in [-0.2, 0) is 0 Å². The number of fused-ring (bicyclic) bond motifs is 3. The lowest BCUT2D eigenvalue weighted by Gasteiger charge is -2.11. The van der Waals surface area contributed by atoms with E-state index in [1.807, 2.05) is 47.0 Å². The highest BCUT2D eigenvalue weighted by Crippen LogP contribution is 2.37. The molecule has 0 radical (unpaired) electrons. The minimum absolute atomic E-state index is 0.0539. The Morgan fingerprint density at radius 3 is 2.61 bits per heavy atom. The highest BCUT2D eigenvalue weighted by Gasteiger charge is 2.27. The van der Waals surface area contributed by atoms with Gasteiger partial charge in [0.05, 0.1) is 12.0 Å². The zero-order valence-electron chi connectivity index (χ0n) is 12.4. The van der Waals surface area contributed by atoms with E-state index in [1.165, 1.54) is 0 Å². The van der Waals surface area contributed by atoms with Crippen molar-refractivity contribution in [3.63, 3.8) is 0 Å². The second-order valence-corrected chi connectivity index (χ2v) is 5.93. The van der Waals surface area contributed by atoms with E-state index in [4.69, 9.17) is 0 Å². The van der Waals surface area contributed by atoms with Crippen LogP contribution in [0.4, 0.5) is 0 Å². The molecular weight excluding hydrogens is 288 g/mol. The zero-order chi connectivity index (χ0) is 15.4. The molecule has 0 spiro atoms. The smallest absolute Gasteiger partial charge is 0.282 e. The van der Waals surface area contributed by atoms with E-state index in [1.54, 1.807) is 17.1 Å². The van der Waals surface area contributed by atoms with Gasteiger partial charge in [-0.1, -0.05) is 18.2 Å². The molecule has 1 saturated carbocycles. The van der Waals surface area contributed by atoms with Gasteiger partial charge in [0.2, 0.25) is 0 Å². The van der Waals surface area contributed by atoms with Crippen LogP contribution in [0.3, 0.4) is 0 Å². The third-order valence-electron chi connectivity index (χ3n) is 4.41. The van der Waals surface area contributed by atoms with Crippen LogP contribution in [0.25, 0.3) is 27.8 Å². The topological polar surface area (TPSA) is 52.7 Å². The fraction of sp³-hybridized carbons (Fsp3) is 0.167. The summed E-state index contributed by atoms with van der Waals surface area (Å²) in [7, 11) is 0. The number of rotatable bonds is 2. The van der Waals surface area contributed by atoms with E-state index in [9.17, 15) is 4.79 Å². The number of hydrogen-bond acceptors (Lipinski definition) is 3. The minimum Gasteiger partial charge on any atom is -0.323 e. The number of nitrogens with zero attached hydrogens (tertiary/aromatic N) is 4. The van der Waals surface area contributed by atoms with Crippen LogP contribution >= 0.6 is 0 Å². The maximum atomic E-state index is 13.2. The Labute approximate surface area is 131 Å². The average Bonchev–Trinajstić information content (AvgIpc) is 3.34. The Morgan fingerprint density at radius 1 is 1.00 bits per heavy atom. The molecule has 5 heteroatoms. The van der Waals surface area contributed by atoms with E-state index in [-0.39, 0.29) is 5.56 Å². The molecule has 23 heavy (non-hydrogen) atoms. The third-order valence-corrected chi connectivity index (χ3v) is 4.41. The third kappa shape index (κ3) is 1.76. The molecule has 4 aromatic rings. The van der Waals surface area contributed by atoms with Crippen molar-refractivity contribution in [1.82, 2.24) is 19.1 Å². The number of benzene rings is 1. The van der Waals surface area contributed by atoms with Crippen LogP contribution in [0.2, 0.25) is 0 Å². The fourth-order valence-electron chi connectivity index (χ4n) is 3.18. The van der Waals surface area contributed by atoms with Crippen molar-refractivity contribution in [1.29, 1.82) is 0 Å². The Kier molecular flexibility index (Phi) is 2.47. The highest BCUT2D eigenvalue weighted by molar-refractivity contribution is 6.01. The Balaban J connectivity index is 2.00. The Bertz CT molecular complexity index is 1090. The molecule has 1 aromatic carbocycles. The van der Waals surface area contributed by atoms with Gasteiger partial charge in [-0.3, -0.25) is 9.36 Å². The lowest BCUT2D eigenvalue weighted by Crippen LogP contribution is -2.21. The maximum Gasteiger partial charge on any atom is 0.282 e. The Hall–Kier alpha value is -2.95. The monoisotopic (exact) mass is 302 g/mol. The first kappa shape index (κ1) is 12.6. The molecule has 5 nitrogen and oxygen atoms in total. The van der Waals surface area contributed by atoms with Crippen molar-refractivity contribution < 1.29 is 0 Å². The lowest BCUT2D eigenvalue weighted by atomic mass is 10.2. The molecule has 0 amide bonds. The van der Waals surface area contributed by atoms with Gasteiger partial charge in [-0.25, -0.2) is 9.97 Å². The standard InChI is InChI=1S/C18H14N4O/c23-18-16-15(20-11-21(16)12-8-9-12)14-7-4-10-19-17(14)22(18)13-5-2-1-3-6-13/h1-7,10-12H,8-9H2. The van der Waals surface area contributed by atoms with Crippen molar-refractivity contribution in [2.45, 2.75) is 18.9 Å². The first-order valence-electron chi connectivity index (χ1n) is 7.76. The van der Waals surface area contributed by atoms with Gasteiger partial charge in [-0.15, -0.1) is 0 Å². The van der Waals surface area contributed by atoms with Gasteiger partial charge >= 0.3 is 0 Å².